The van der Waals surface area contributed by atoms with Gasteiger partial charge in [-0.05, 0) is 54.6 Å². The summed E-state index contributed by atoms with van der Waals surface area (Å²) in [5, 5.41) is 3.83. The summed E-state index contributed by atoms with van der Waals surface area (Å²) in [5.41, 5.74) is 1.44. The number of H-pyrrole nitrogens is 1. The van der Waals surface area contributed by atoms with E-state index < -0.39 is 18.5 Å². The Morgan fingerprint density at radius 2 is 1.55 bits per heavy atom. The molecule has 3 aromatic carbocycles. The first-order valence-electron chi connectivity index (χ1n) is 9.90. The predicted octanol–water partition coefficient (Wildman–Crippen LogP) is 4.47. The van der Waals surface area contributed by atoms with Crippen LogP contribution in [0, 0.1) is 0 Å². The van der Waals surface area contributed by atoms with Crippen molar-refractivity contribution in [3.05, 3.63) is 111 Å². The number of Topliss-reactive ketones (excluding diaryl/α,β-unsaturated/α-hetero) is 1. The number of anilines is 1. The number of esters is 1. The third-order valence-electron chi connectivity index (χ3n) is 4.87. The SMILES string of the molecule is O=C(COC(=O)c1ccc(NC(=O)c2cc(=O)[nH]c3ccccc23)cc1)c1ccc(Cl)cc1. The smallest absolute Gasteiger partial charge is 0.338 e. The van der Waals surface area contributed by atoms with Crippen LogP contribution in [0.15, 0.2) is 83.7 Å². The predicted molar refractivity (Wildman–Crippen MR) is 125 cm³/mol. The fraction of sp³-hybridized carbons (Fsp3) is 0.0400. The number of halogens is 1. The van der Waals surface area contributed by atoms with Crippen LogP contribution >= 0.6 is 11.6 Å². The second kappa shape index (κ2) is 9.50. The molecular formula is C25H17ClN2O5. The summed E-state index contributed by atoms with van der Waals surface area (Å²) in [5.74, 6) is -1.48. The lowest BCUT2D eigenvalue weighted by atomic mass is 10.1. The van der Waals surface area contributed by atoms with E-state index in [0.29, 0.717) is 27.2 Å². The van der Waals surface area contributed by atoms with Crippen molar-refractivity contribution in [1.29, 1.82) is 0 Å². The van der Waals surface area contributed by atoms with Gasteiger partial charge in [-0.1, -0.05) is 29.8 Å². The van der Waals surface area contributed by atoms with E-state index in [2.05, 4.69) is 10.3 Å². The van der Waals surface area contributed by atoms with Crippen molar-refractivity contribution in [2.45, 2.75) is 0 Å². The Labute approximate surface area is 193 Å². The van der Waals surface area contributed by atoms with Gasteiger partial charge < -0.3 is 15.0 Å². The molecule has 7 nitrogen and oxygen atoms in total. The number of aromatic amines is 1. The number of carbonyl (C=O) groups excluding carboxylic acids is 3. The molecule has 0 atom stereocenters. The molecule has 8 heteroatoms. The Bertz CT molecular complexity index is 1410. The molecule has 2 N–H and O–H groups in total. The second-order valence-electron chi connectivity index (χ2n) is 7.13. The lowest BCUT2D eigenvalue weighted by Gasteiger charge is -2.09. The Morgan fingerprint density at radius 3 is 2.27 bits per heavy atom. The molecule has 0 saturated heterocycles. The summed E-state index contributed by atoms with van der Waals surface area (Å²) in [4.78, 5) is 51.7. The van der Waals surface area contributed by atoms with Crippen molar-refractivity contribution in [3.8, 4) is 0 Å². The standard InChI is InChI=1S/C25H17ClN2O5/c26-17-9-5-15(6-10-17)22(29)14-33-25(32)16-7-11-18(12-8-16)27-24(31)20-13-23(30)28-21-4-2-1-3-19(20)21/h1-13H,14H2,(H,27,31)(H,28,30). The molecule has 0 fully saturated rings. The van der Waals surface area contributed by atoms with Gasteiger partial charge in [0.25, 0.3) is 5.91 Å². The molecule has 0 saturated carbocycles. The largest absolute Gasteiger partial charge is 0.454 e. The van der Waals surface area contributed by atoms with Gasteiger partial charge in [-0.15, -0.1) is 0 Å². The van der Waals surface area contributed by atoms with Crippen LogP contribution in [0.25, 0.3) is 10.9 Å². The van der Waals surface area contributed by atoms with E-state index in [1.165, 1.54) is 30.3 Å². The number of hydrogen-bond donors (Lipinski definition) is 2. The molecule has 1 aromatic heterocycles. The van der Waals surface area contributed by atoms with E-state index in [0.717, 1.165) is 0 Å². The number of nitrogens with one attached hydrogen (secondary N) is 2. The van der Waals surface area contributed by atoms with Crippen molar-refractivity contribution < 1.29 is 19.1 Å². The van der Waals surface area contributed by atoms with Crippen LogP contribution in [0.1, 0.15) is 31.1 Å². The third-order valence-corrected chi connectivity index (χ3v) is 5.13. The van der Waals surface area contributed by atoms with Gasteiger partial charge in [0.05, 0.1) is 11.1 Å². The highest BCUT2D eigenvalue weighted by atomic mass is 35.5. The molecule has 33 heavy (non-hydrogen) atoms. The number of pyridine rings is 1. The van der Waals surface area contributed by atoms with E-state index in [1.54, 1.807) is 48.5 Å². The maximum absolute atomic E-state index is 12.7. The molecule has 0 unspecified atom stereocenters. The topological polar surface area (TPSA) is 105 Å². The number of ether oxygens (including phenoxy) is 1. The summed E-state index contributed by atoms with van der Waals surface area (Å²) in [6.07, 6.45) is 0. The molecule has 1 heterocycles. The molecule has 164 valence electrons. The number of aromatic nitrogens is 1. The van der Waals surface area contributed by atoms with E-state index in [-0.39, 0.29) is 22.5 Å². The van der Waals surface area contributed by atoms with E-state index in [9.17, 15) is 19.2 Å². The first-order chi connectivity index (χ1) is 15.9. The number of rotatable bonds is 6. The summed E-state index contributed by atoms with van der Waals surface area (Å²) in [7, 11) is 0. The Hall–Kier alpha value is -4.23. The fourth-order valence-electron chi connectivity index (χ4n) is 3.21. The number of carbonyl (C=O) groups is 3. The minimum atomic E-state index is -0.671. The minimum absolute atomic E-state index is 0.221. The van der Waals surface area contributed by atoms with Crippen molar-refractivity contribution in [1.82, 2.24) is 4.98 Å². The summed E-state index contributed by atoms with van der Waals surface area (Å²) >= 11 is 5.80. The molecule has 0 aliphatic heterocycles. The molecule has 0 radical (unpaired) electrons. The Kier molecular flexibility index (Phi) is 6.33. The molecule has 4 rings (SSSR count). The van der Waals surface area contributed by atoms with Crippen LogP contribution in [0.4, 0.5) is 5.69 Å². The van der Waals surface area contributed by atoms with Gasteiger partial charge in [-0.3, -0.25) is 14.4 Å². The molecule has 1 amide bonds. The summed E-state index contributed by atoms with van der Waals surface area (Å²) < 4.78 is 5.08. The first kappa shape index (κ1) is 22.0. The maximum atomic E-state index is 12.7. The average Bonchev–Trinajstić information content (AvgIpc) is 2.82. The van der Waals surface area contributed by atoms with Crippen LogP contribution in [0.3, 0.4) is 0 Å². The number of amides is 1. The van der Waals surface area contributed by atoms with Gasteiger partial charge in [0.2, 0.25) is 5.56 Å². The highest BCUT2D eigenvalue weighted by Gasteiger charge is 2.14. The highest BCUT2D eigenvalue weighted by Crippen LogP contribution is 2.18. The Balaban J connectivity index is 1.40. The molecule has 0 spiro atoms. The van der Waals surface area contributed by atoms with E-state index in [1.807, 2.05) is 0 Å². The van der Waals surface area contributed by atoms with Crippen molar-refractivity contribution in [2.24, 2.45) is 0 Å². The number of ketones is 1. The van der Waals surface area contributed by atoms with Gasteiger partial charge in [-0.2, -0.15) is 0 Å². The van der Waals surface area contributed by atoms with Crippen molar-refractivity contribution in [3.63, 3.8) is 0 Å². The molecule has 4 aromatic rings. The maximum Gasteiger partial charge on any atom is 0.338 e. The zero-order chi connectivity index (χ0) is 23.4. The minimum Gasteiger partial charge on any atom is -0.454 e. The van der Waals surface area contributed by atoms with Gasteiger partial charge >= 0.3 is 5.97 Å². The summed E-state index contributed by atoms with van der Waals surface area (Å²) in [6.45, 7) is -0.408. The number of hydrogen-bond acceptors (Lipinski definition) is 5. The molecule has 0 aliphatic rings. The lowest BCUT2D eigenvalue weighted by molar-refractivity contribution is 0.0475. The monoisotopic (exact) mass is 460 g/mol. The van der Waals surface area contributed by atoms with Gasteiger partial charge in [0, 0.05) is 33.2 Å². The second-order valence-corrected chi connectivity index (χ2v) is 7.57. The number of para-hydroxylation sites is 1. The van der Waals surface area contributed by atoms with Crippen molar-refractivity contribution in [2.75, 3.05) is 11.9 Å². The van der Waals surface area contributed by atoms with Crippen LogP contribution in [0.2, 0.25) is 5.02 Å². The lowest BCUT2D eigenvalue weighted by Crippen LogP contribution is -2.17. The molecule has 0 aliphatic carbocycles. The Morgan fingerprint density at radius 1 is 0.879 bits per heavy atom. The van der Waals surface area contributed by atoms with Gasteiger partial charge in [-0.25, -0.2) is 4.79 Å². The molecular weight excluding hydrogens is 444 g/mol. The van der Waals surface area contributed by atoms with Crippen LogP contribution < -0.4 is 10.9 Å². The van der Waals surface area contributed by atoms with Gasteiger partial charge in [0.1, 0.15) is 0 Å². The van der Waals surface area contributed by atoms with Crippen molar-refractivity contribution >= 4 is 45.9 Å². The van der Waals surface area contributed by atoms with Crippen LogP contribution in [-0.4, -0.2) is 29.3 Å². The van der Waals surface area contributed by atoms with Crippen LogP contribution in [-0.2, 0) is 4.74 Å². The third kappa shape index (κ3) is 5.16. The number of fused-ring (bicyclic) bond motifs is 1. The zero-order valence-electron chi connectivity index (χ0n) is 17.1. The normalized spacial score (nSPS) is 10.6. The number of benzene rings is 3. The average molecular weight is 461 g/mol. The summed E-state index contributed by atoms with van der Waals surface area (Å²) in [6, 6.07) is 20.5. The first-order valence-corrected chi connectivity index (χ1v) is 10.3. The van der Waals surface area contributed by atoms with E-state index >= 15 is 0 Å². The highest BCUT2D eigenvalue weighted by molar-refractivity contribution is 6.30. The molecule has 0 bridgehead atoms. The zero-order valence-corrected chi connectivity index (χ0v) is 17.9. The van der Waals surface area contributed by atoms with Crippen LogP contribution in [0.5, 0.6) is 0 Å². The fourth-order valence-corrected chi connectivity index (χ4v) is 3.34. The van der Waals surface area contributed by atoms with Gasteiger partial charge in [0.15, 0.2) is 12.4 Å². The quantitative estimate of drug-likeness (QED) is 0.326. The van der Waals surface area contributed by atoms with E-state index in [4.69, 9.17) is 16.3 Å².